The van der Waals surface area contributed by atoms with Gasteiger partial charge in [-0.2, -0.15) is 0 Å². The van der Waals surface area contributed by atoms with Gasteiger partial charge in [0.2, 0.25) is 0 Å². The van der Waals surface area contributed by atoms with Gasteiger partial charge in [-0.25, -0.2) is 0 Å². The Kier molecular flexibility index (Phi) is 6.22. The molecule has 0 aliphatic heterocycles. The first-order chi connectivity index (χ1) is 8.67. The maximum Gasteiger partial charge on any atom is 0.325 e. The second-order valence-corrected chi connectivity index (χ2v) is 4.08. The third-order valence-corrected chi connectivity index (χ3v) is 2.65. The van der Waals surface area contributed by atoms with Gasteiger partial charge in [-0.3, -0.25) is 4.79 Å². The predicted molar refractivity (Wildman–Crippen MR) is 71.6 cm³/mol. The van der Waals surface area contributed by atoms with Crippen LogP contribution in [-0.4, -0.2) is 36.9 Å². The van der Waals surface area contributed by atoms with E-state index in [0.29, 0.717) is 19.6 Å². The fraction of sp³-hybridized carbons (Fsp3) is 0.500. The molecular weight excluding hydrogens is 230 g/mol. The molecule has 1 rings (SSSR count). The minimum atomic E-state index is -0.445. The van der Waals surface area contributed by atoms with Gasteiger partial charge in [-0.05, 0) is 25.5 Å². The van der Waals surface area contributed by atoms with Gasteiger partial charge in [0.1, 0.15) is 6.54 Å². The molecule has 0 heterocycles. The number of ether oxygens (including phenoxy) is 1. The minimum absolute atomic E-state index is 0.162. The van der Waals surface area contributed by atoms with Gasteiger partial charge >= 0.3 is 5.97 Å². The highest BCUT2D eigenvalue weighted by Gasteiger charge is 2.15. The molecule has 0 saturated carbocycles. The molecule has 0 radical (unpaired) electrons. The van der Waals surface area contributed by atoms with Crippen LogP contribution < -0.4 is 4.90 Å². The van der Waals surface area contributed by atoms with Crippen LogP contribution >= 0.6 is 0 Å². The third kappa shape index (κ3) is 4.75. The molecule has 0 amide bonds. The number of benzene rings is 1. The second-order valence-electron chi connectivity index (χ2n) is 4.08. The molecule has 100 valence electrons. The van der Waals surface area contributed by atoms with Crippen molar-refractivity contribution in [3.05, 3.63) is 30.3 Å². The fourth-order valence-electron chi connectivity index (χ4n) is 1.65. The number of hydrogen-bond donors (Lipinski definition) is 1. The van der Waals surface area contributed by atoms with Crippen molar-refractivity contribution in [3.63, 3.8) is 0 Å². The Morgan fingerprint density at radius 3 is 2.56 bits per heavy atom. The zero-order chi connectivity index (χ0) is 13.4. The van der Waals surface area contributed by atoms with Crippen molar-refractivity contribution in [2.24, 2.45) is 0 Å². The van der Waals surface area contributed by atoms with E-state index in [4.69, 9.17) is 4.74 Å². The monoisotopic (exact) mass is 251 g/mol. The van der Waals surface area contributed by atoms with Crippen LogP contribution in [0, 0.1) is 0 Å². The van der Waals surface area contributed by atoms with Crippen LogP contribution in [0.5, 0.6) is 0 Å². The van der Waals surface area contributed by atoms with E-state index >= 15 is 0 Å². The molecule has 1 atom stereocenters. The van der Waals surface area contributed by atoms with Gasteiger partial charge in [-0.15, -0.1) is 0 Å². The van der Waals surface area contributed by atoms with Crippen LogP contribution in [0.3, 0.4) is 0 Å². The number of nitrogens with zero attached hydrogens (tertiary/aromatic N) is 1. The molecule has 0 aliphatic rings. The summed E-state index contributed by atoms with van der Waals surface area (Å²) in [5.41, 5.74) is 0.915. The van der Waals surface area contributed by atoms with Crippen LogP contribution in [0.1, 0.15) is 20.3 Å². The average molecular weight is 251 g/mol. The first kappa shape index (κ1) is 14.5. The number of esters is 1. The van der Waals surface area contributed by atoms with Gasteiger partial charge in [-0.1, -0.05) is 25.1 Å². The summed E-state index contributed by atoms with van der Waals surface area (Å²) in [6, 6.07) is 9.57. The van der Waals surface area contributed by atoms with Gasteiger partial charge in [0.15, 0.2) is 0 Å². The highest BCUT2D eigenvalue weighted by atomic mass is 16.5. The topological polar surface area (TPSA) is 49.8 Å². The Morgan fingerprint density at radius 2 is 2.00 bits per heavy atom. The number of hydrogen-bond acceptors (Lipinski definition) is 4. The number of rotatable bonds is 7. The summed E-state index contributed by atoms with van der Waals surface area (Å²) in [6.07, 6.45) is 0.214. The first-order valence-electron chi connectivity index (χ1n) is 6.31. The number of carbonyl (C=O) groups excluding carboxylic acids is 1. The molecule has 1 aromatic rings. The molecule has 0 saturated heterocycles. The van der Waals surface area contributed by atoms with Crippen molar-refractivity contribution in [1.82, 2.24) is 0 Å². The lowest BCUT2D eigenvalue weighted by Gasteiger charge is -2.25. The first-order valence-corrected chi connectivity index (χ1v) is 6.31. The van der Waals surface area contributed by atoms with Crippen molar-refractivity contribution >= 4 is 11.7 Å². The number of carbonyl (C=O) groups is 1. The number of para-hydroxylation sites is 1. The Hall–Kier alpha value is -1.55. The van der Waals surface area contributed by atoms with Gasteiger partial charge in [0.25, 0.3) is 0 Å². The number of aliphatic hydroxyl groups is 1. The number of anilines is 1. The third-order valence-electron chi connectivity index (χ3n) is 2.65. The standard InChI is InChI=1S/C14H21NO3/c1-3-13(16)10-15(11-14(17)18-4-2)12-8-6-5-7-9-12/h5-9,13,16H,3-4,10-11H2,1-2H3. The van der Waals surface area contributed by atoms with Crippen molar-refractivity contribution < 1.29 is 14.6 Å². The van der Waals surface area contributed by atoms with E-state index in [0.717, 1.165) is 5.69 Å². The van der Waals surface area contributed by atoms with E-state index < -0.39 is 6.10 Å². The molecule has 1 unspecified atom stereocenters. The molecule has 0 fully saturated rings. The van der Waals surface area contributed by atoms with Crippen molar-refractivity contribution in [1.29, 1.82) is 0 Å². The molecule has 0 aliphatic carbocycles. The Morgan fingerprint density at radius 1 is 1.33 bits per heavy atom. The SMILES string of the molecule is CCOC(=O)CN(CC(O)CC)c1ccccc1. The molecule has 4 heteroatoms. The molecule has 0 spiro atoms. The van der Waals surface area contributed by atoms with Gasteiger partial charge in [0.05, 0.1) is 12.7 Å². The summed E-state index contributed by atoms with van der Waals surface area (Å²) in [4.78, 5) is 13.4. The zero-order valence-corrected chi connectivity index (χ0v) is 11.0. The van der Waals surface area contributed by atoms with E-state index in [2.05, 4.69) is 0 Å². The lowest BCUT2D eigenvalue weighted by Crippen LogP contribution is -2.37. The highest BCUT2D eigenvalue weighted by Crippen LogP contribution is 2.14. The molecule has 1 aromatic carbocycles. The van der Waals surface area contributed by atoms with Crippen LogP contribution in [0.2, 0.25) is 0 Å². The Labute approximate surface area is 108 Å². The minimum Gasteiger partial charge on any atom is -0.465 e. The van der Waals surface area contributed by atoms with Gasteiger partial charge in [0, 0.05) is 12.2 Å². The number of aliphatic hydroxyl groups excluding tert-OH is 1. The van der Waals surface area contributed by atoms with Gasteiger partial charge < -0.3 is 14.7 Å². The van der Waals surface area contributed by atoms with E-state index in [9.17, 15) is 9.90 Å². The summed E-state index contributed by atoms with van der Waals surface area (Å²) in [5, 5.41) is 9.74. The summed E-state index contributed by atoms with van der Waals surface area (Å²) < 4.78 is 4.95. The fourth-order valence-corrected chi connectivity index (χ4v) is 1.65. The quantitative estimate of drug-likeness (QED) is 0.751. The predicted octanol–water partition coefficient (Wildman–Crippen LogP) is 1.83. The Balaban J connectivity index is 2.72. The molecular formula is C14H21NO3. The molecule has 0 aromatic heterocycles. The maximum atomic E-state index is 11.6. The Bertz CT molecular complexity index is 353. The van der Waals surface area contributed by atoms with Crippen LogP contribution in [0.4, 0.5) is 5.69 Å². The summed E-state index contributed by atoms with van der Waals surface area (Å²) in [5.74, 6) is -0.273. The van der Waals surface area contributed by atoms with Crippen LogP contribution in [0.25, 0.3) is 0 Å². The van der Waals surface area contributed by atoms with Crippen LogP contribution in [0.15, 0.2) is 30.3 Å². The molecule has 1 N–H and O–H groups in total. The highest BCUT2D eigenvalue weighted by molar-refractivity contribution is 5.75. The molecule has 18 heavy (non-hydrogen) atoms. The van der Waals surface area contributed by atoms with Crippen molar-refractivity contribution in [2.75, 3.05) is 24.6 Å². The maximum absolute atomic E-state index is 11.6. The summed E-state index contributed by atoms with van der Waals surface area (Å²) in [6.45, 7) is 4.66. The zero-order valence-electron chi connectivity index (χ0n) is 11.0. The van der Waals surface area contributed by atoms with E-state index in [1.165, 1.54) is 0 Å². The van der Waals surface area contributed by atoms with E-state index in [1.54, 1.807) is 6.92 Å². The van der Waals surface area contributed by atoms with E-state index in [1.807, 2.05) is 42.2 Å². The van der Waals surface area contributed by atoms with Crippen molar-refractivity contribution in [3.8, 4) is 0 Å². The largest absolute Gasteiger partial charge is 0.465 e. The lowest BCUT2D eigenvalue weighted by atomic mass is 10.2. The normalized spacial score (nSPS) is 11.9. The van der Waals surface area contributed by atoms with Crippen LogP contribution in [-0.2, 0) is 9.53 Å². The van der Waals surface area contributed by atoms with Crippen molar-refractivity contribution in [2.45, 2.75) is 26.4 Å². The average Bonchev–Trinajstić information content (AvgIpc) is 2.39. The molecule has 4 nitrogen and oxygen atoms in total. The van der Waals surface area contributed by atoms with E-state index in [-0.39, 0.29) is 12.5 Å². The smallest absolute Gasteiger partial charge is 0.325 e. The molecule has 0 bridgehead atoms. The summed E-state index contributed by atoms with van der Waals surface area (Å²) in [7, 11) is 0. The lowest BCUT2D eigenvalue weighted by molar-refractivity contribution is -0.141. The summed E-state index contributed by atoms with van der Waals surface area (Å²) >= 11 is 0. The second kappa shape index (κ2) is 7.71.